The van der Waals surface area contributed by atoms with Gasteiger partial charge in [0, 0.05) is 23.9 Å². The molecule has 5 nitrogen and oxygen atoms in total. The van der Waals surface area contributed by atoms with Crippen molar-refractivity contribution in [3.63, 3.8) is 0 Å². The first-order valence-electron chi connectivity index (χ1n) is 7.25. The first-order chi connectivity index (χ1) is 9.82. The van der Waals surface area contributed by atoms with Gasteiger partial charge >= 0.3 is 0 Å². The van der Waals surface area contributed by atoms with Crippen molar-refractivity contribution in [3.05, 3.63) is 15.6 Å². The predicted molar refractivity (Wildman–Crippen MR) is 84.4 cm³/mol. The van der Waals surface area contributed by atoms with Crippen molar-refractivity contribution >= 4 is 27.1 Å². The first-order valence-corrected chi connectivity index (χ1v) is 9.89. The van der Waals surface area contributed by atoms with Crippen molar-refractivity contribution in [2.45, 2.75) is 46.1 Å². The number of carbonyl (C=O) groups is 1. The van der Waals surface area contributed by atoms with Crippen LogP contribution in [0.1, 0.15) is 35.3 Å². The van der Waals surface area contributed by atoms with Crippen LogP contribution in [-0.4, -0.2) is 48.3 Å². The molecule has 0 aliphatic carbocycles. The number of rotatable bonds is 5. The van der Waals surface area contributed by atoms with E-state index in [1.807, 2.05) is 20.8 Å². The summed E-state index contributed by atoms with van der Waals surface area (Å²) in [6, 6.07) is -0.142. The lowest BCUT2D eigenvalue weighted by Crippen LogP contribution is -2.41. The van der Waals surface area contributed by atoms with Crippen LogP contribution in [0.4, 0.5) is 0 Å². The SMILES string of the molecule is CCN(C(=O)CCc1sc(C)nc1C)C1CCS(=O)(=O)C1. The zero-order valence-corrected chi connectivity index (χ0v) is 14.4. The zero-order valence-electron chi connectivity index (χ0n) is 12.8. The van der Waals surface area contributed by atoms with E-state index in [-0.39, 0.29) is 23.5 Å². The van der Waals surface area contributed by atoms with Crippen LogP contribution in [0.25, 0.3) is 0 Å². The molecule has 1 fully saturated rings. The fourth-order valence-corrected chi connectivity index (χ4v) is 5.50. The van der Waals surface area contributed by atoms with E-state index in [0.29, 0.717) is 25.8 Å². The van der Waals surface area contributed by atoms with Crippen LogP contribution in [0.2, 0.25) is 0 Å². The maximum Gasteiger partial charge on any atom is 0.223 e. The van der Waals surface area contributed by atoms with Gasteiger partial charge in [0.2, 0.25) is 5.91 Å². The highest BCUT2D eigenvalue weighted by atomic mass is 32.2. The Labute approximate surface area is 130 Å². The summed E-state index contributed by atoms with van der Waals surface area (Å²) in [6.45, 7) is 6.40. The zero-order chi connectivity index (χ0) is 15.6. The quantitative estimate of drug-likeness (QED) is 0.824. The predicted octanol–water partition coefficient (Wildman–Crippen LogP) is 1.73. The number of carbonyl (C=O) groups excluding carboxylic acids is 1. The highest BCUT2D eigenvalue weighted by molar-refractivity contribution is 7.91. The van der Waals surface area contributed by atoms with Gasteiger partial charge in [0.05, 0.1) is 22.2 Å². The molecule has 1 saturated heterocycles. The van der Waals surface area contributed by atoms with Crippen molar-refractivity contribution in [1.82, 2.24) is 9.88 Å². The Morgan fingerprint density at radius 3 is 2.62 bits per heavy atom. The monoisotopic (exact) mass is 330 g/mol. The fourth-order valence-electron chi connectivity index (χ4n) is 2.83. The van der Waals surface area contributed by atoms with Crippen LogP contribution in [0.15, 0.2) is 0 Å². The van der Waals surface area contributed by atoms with E-state index >= 15 is 0 Å². The molecule has 2 heterocycles. The Morgan fingerprint density at radius 1 is 1.43 bits per heavy atom. The van der Waals surface area contributed by atoms with Crippen LogP contribution in [0, 0.1) is 13.8 Å². The smallest absolute Gasteiger partial charge is 0.223 e. The Morgan fingerprint density at radius 2 is 2.14 bits per heavy atom. The van der Waals surface area contributed by atoms with E-state index in [9.17, 15) is 13.2 Å². The summed E-state index contributed by atoms with van der Waals surface area (Å²) in [5.41, 5.74) is 0.997. The molecule has 1 aromatic heterocycles. The van der Waals surface area contributed by atoms with Gasteiger partial charge in [0.25, 0.3) is 0 Å². The average Bonchev–Trinajstić information content (AvgIpc) is 2.90. The summed E-state index contributed by atoms with van der Waals surface area (Å²) in [5, 5.41) is 1.02. The third-order valence-corrected chi connectivity index (χ3v) is 6.76. The first kappa shape index (κ1) is 16.4. The van der Waals surface area contributed by atoms with Gasteiger partial charge in [0.15, 0.2) is 9.84 Å². The van der Waals surface area contributed by atoms with Crippen molar-refractivity contribution in [2.75, 3.05) is 18.1 Å². The van der Waals surface area contributed by atoms with Crippen LogP contribution >= 0.6 is 11.3 Å². The molecule has 1 atom stereocenters. The van der Waals surface area contributed by atoms with E-state index in [0.717, 1.165) is 15.6 Å². The molecular formula is C14H22N2O3S2. The van der Waals surface area contributed by atoms with Gasteiger partial charge in [-0.2, -0.15) is 0 Å². The molecule has 0 spiro atoms. The van der Waals surface area contributed by atoms with Gasteiger partial charge in [-0.3, -0.25) is 4.79 Å². The van der Waals surface area contributed by atoms with Gasteiger partial charge in [-0.25, -0.2) is 13.4 Å². The van der Waals surface area contributed by atoms with E-state index < -0.39 is 9.84 Å². The molecule has 1 unspecified atom stereocenters. The number of sulfone groups is 1. The second-order valence-electron chi connectivity index (χ2n) is 5.48. The summed E-state index contributed by atoms with van der Waals surface area (Å²) >= 11 is 1.63. The standard InChI is InChI=1S/C14H22N2O3S2/c1-4-16(12-7-8-21(18,19)9-12)14(17)6-5-13-10(2)15-11(3)20-13/h12H,4-9H2,1-3H3. The van der Waals surface area contributed by atoms with Crippen LogP contribution in [-0.2, 0) is 21.1 Å². The Kier molecular flexibility index (Phi) is 5.03. The van der Waals surface area contributed by atoms with Crippen molar-refractivity contribution < 1.29 is 13.2 Å². The van der Waals surface area contributed by atoms with E-state index in [2.05, 4.69) is 4.98 Å². The number of hydrogen-bond acceptors (Lipinski definition) is 5. The van der Waals surface area contributed by atoms with Crippen molar-refractivity contribution in [2.24, 2.45) is 0 Å². The number of nitrogens with zero attached hydrogens (tertiary/aromatic N) is 2. The number of amides is 1. The number of aryl methyl sites for hydroxylation is 3. The van der Waals surface area contributed by atoms with Gasteiger partial charge < -0.3 is 4.90 Å². The fraction of sp³-hybridized carbons (Fsp3) is 0.714. The molecule has 0 aromatic carbocycles. The molecule has 118 valence electrons. The molecule has 1 aliphatic rings. The molecular weight excluding hydrogens is 308 g/mol. The Balaban J connectivity index is 1.96. The minimum Gasteiger partial charge on any atom is -0.339 e. The summed E-state index contributed by atoms with van der Waals surface area (Å²) in [5.74, 6) is 0.366. The minimum atomic E-state index is -2.96. The summed E-state index contributed by atoms with van der Waals surface area (Å²) in [7, 11) is -2.96. The molecule has 7 heteroatoms. The summed E-state index contributed by atoms with van der Waals surface area (Å²) < 4.78 is 23.1. The van der Waals surface area contributed by atoms with Gasteiger partial charge in [0.1, 0.15) is 0 Å². The lowest BCUT2D eigenvalue weighted by molar-refractivity contribution is -0.132. The van der Waals surface area contributed by atoms with Crippen molar-refractivity contribution in [1.29, 1.82) is 0 Å². The second-order valence-corrected chi connectivity index (χ2v) is 8.99. The number of hydrogen-bond donors (Lipinski definition) is 0. The molecule has 0 radical (unpaired) electrons. The third kappa shape index (κ3) is 4.03. The van der Waals surface area contributed by atoms with Gasteiger partial charge in [-0.15, -0.1) is 11.3 Å². The van der Waals surface area contributed by atoms with E-state index in [1.54, 1.807) is 16.2 Å². The van der Waals surface area contributed by atoms with Crippen LogP contribution < -0.4 is 0 Å². The lowest BCUT2D eigenvalue weighted by Gasteiger charge is -2.26. The molecule has 1 aromatic rings. The Bertz CT molecular complexity index is 622. The van der Waals surface area contributed by atoms with Gasteiger partial charge in [-0.1, -0.05) is 0 Å². The molecule has 1 amide bonds. The topological polar surface area (TPSA) is 67.3 Å². The maximum absolute atomic E-state index is 12.4. The largest absolute Gasteiger partial charge is 0.339 e. The maximum atomic E-state index is 12.4. The molecule has 2 rings (SSSR count). The highest BCUT2D eigenvalue weighted by Gasteiger charge is 2.33. The van der Waals surface area contributed by atoms with Crippen LogP contribution in [0.5, 0.6) is 0 Å². The molecule has 0 bridgehead atoms. The average molecular weight is 330 g/mol. The van der Waals surface area contributed by atoms with E-state index in [4.69, 9.17) is 0 Å². The second kappa shape index (κ2) is 6.44. The summed E-state index contributed by atoms with van der Waals surface area (Å²) in [6.07, 6.45) is 1.68. The van der Waals surface area contributed by atoms with Crippen LogP contribution in [0.3, 0.4) is 0 Å². The number of thiazole rings is 1. The highest BCUT2D eigenvalue weighted by Crippen LogP contribution is 2.21. The minimum absolute atomic E-state index is 0.0463. The number of aromatic nitrogens is 1. The lowest BCUT2D eigenvalue weighted by atomic mass is 10.1. The van der Waals surface area contributed by atoms with E-state index in [1.165, 1.54) is 0 Å². The third-order valence-electron chi connectivity index (χ3n) is 3.88. The Hall–Kier alpha value is -0.950. The molecule has 0 N–H and O–H groups in total. The van der Waals surface area contributed by atoms with Crippen molar-refractivity contribution in [3.8, 4) is 0 Å². The normalized spacial score (nSPS) is 20.6. The van der Waals surface area contributed by atoms with Gasteiger partial charge in [-0.05, 0) is 33.6 Å². The molecule has 1 aliphatic heterocycles. The summed E-state index contributed by atoms with van der Waals surface area (Å²) in [4.78, 5) is 19.6. The molecule has 21 heavy (non-hydrogen) atoms. The molecule has 0 saturated carbocycles.